The number of nitrogens with two attached hydrogens (primary N) is 1. The number of amides is 1. The van der Waals surface area contributed by atoms with Gasteiger partial charge in [0, 0.05) is 23.2 Å². The summed E-state index contributed by atoms with van der Waals surface area (Å²) in [5.41, 5.74) is 6.51. The van der Waals surface area contributed by atoms with E-state index < -0.39 is 0 Å². The van der Waals surface area contributed by atoms with Crippen molar-refractivity contribution in [1.29, 1.82) is 0 Å². The number of hydrogen-bond donors (Lipinski definition) is 2. The van der Waals surface area contributed by atoms with E-state index in [-0.39, 0.29) is 35.8 Å². The topological polar surface area (TPSA) is 77.1 Å². The molecule has 1 unspecified atom stereocenters. The first-order chi connectivity index (χ1) is 8.85. The second-order valence-electron chi connectivity index (χ2n) is 5.23. The Kier molecular flexibility index (Phi) is 8.08. The van der Waals surface area contributed by atoms with Gasteiger partial charge in [0.05, 0.1) is 0 Å². The van der Waals surface area contributed by atoms with Crippen LogP contribution >= 0.6 is 23.7 Å². The summed E-state index contributed by atoms with van der Waals surface area (Å²) in [6.07, 6.45) is 0.846. The lowest BCUT2D eigenvalue weighted by molar-refractivity contribution is -0.122. The van der Waals surface area contributed by atoms with E-state index in [2.05, 4.69) is 19.2 Å². The van der Waals surface area contributed by atoms with Gasteiger partial charge in [-0.1, -0.05) is 25.2 Å². The maximum atomic E-state index is 12.0. The molecular formula is C13H24ClN3O2S. The quantitative estimate of drug-likeness (QED) is 0.832. The van der Waals surface area contributed by atoms with Crippen molar-refractivity contribution in [2.75, 3.05) is 6.54 Å². The second kappa shape index (κ2) is 8.44. The van der Waals surface area contributed by atoms with Gasteiger partial charge in [0.15, 0.2) is 0 Å². The number of thiazole rings is 1. The van der Waals surface area contributed by atoms with E-state index in [1.165, 1.54) is 15.9 Å². The van der Waals surface area contributed by atoms with Gasteiger partial charge in [-0.05, 0) is 26.2 Å². The van der Waals surface area contributed by atoms with Crippen molar-refractivity contribution in [3.63, 3.8) is 0 Å². The number of aromatic nitrogens is 1. The summed E-state index contributed by atoms with van der Waals surface area (Å²) >= 11 is 1.18. The van der Waals surface area contributed by atoms with Crippen molar-refractivity contribution in [3.05, 3.63) is 20.2 Å². The molecule has 1 rings (SSSR count). The Morgan fingerprint density at radius 2 is 2.00 bits per heavy atom. The number of nitrogens with one attached hydrogen (secondary N) is 1. The van der Waals surface area contributed by atoms with Crippen LogP contribution in [0, 0.1) is 19.8 Å². The average molecular weight is 322 g/mol. The largest absolute Gasteiger partial charge is 0.351 e. The van der Waals surface area contributed by atoms with Gasteiger partial charge < -0.3 is 11.1 Å². The standard InChI is InChI=1S/C13H23N3O2S.ClH/c1-8(2)5-11(6-14)15-12(17)7-16-9(3)10(4)19-13(16)18;/h8,11H,5-7,14H2,1-4H3,(H,15,17);1H. The van der Waals surface area contributed by atoms with Gasteiger partial charge in [-0.3, -0.25) is 14.2 Å². The molecule has 0 saturated carbocycles. The lowest BCUT2D eigenvalue weighted by Crippen LogP contribution is -2.43. The van der Waals surface area contributed by atoms with E-state index in [0.29, 0.717) is 12.5 Å². The van der Waals surface area contributed by atoms with Gasteiger partial charge in [-0.25, -0.2) is 0 Å². The Balaban J connectivity index is 0.00000361. The molecule has 5 nitrogen and oxygen atoms in total. The molecule has 0 fully saturated rings. The zero-order chi connectivity index (χ0) is 14.6. The molecular weight excluding hydrogens is 298 g/mol. The van der Waals surface area contributed by atoms with E-state index in [0.717, 1.165) is 17.0 Å². The van der Waals surface area contributed by atoms with Gasteiger partial charge in [0.2, 0.25) is 5.91 Å². The highest BCUT2D eigenvalue weighted by Gasteiger charge is 2.15. The van der Waals surface area contributed by atoms with Crippen molar-refractivity contribution < 1.29 is 4.79 Å². The minimum absolute atomic E-state index is 0. The molecule has 0 bridgehead atoms. The Hall–Kier alpha value is -0.850. The summed E-state index contributed by atoms with van der Waals surface area (Å²) in [7, 11) is 0. The number of nitrogens with zero attached hydrogens (tertiary/aromatic N) is 1. The van der Waals surface area contributed by atoms with Crippen LogP contribution in [0.3, 0.4) is 0 Å². The molecule has 0 aliphatic heterocycles. The fourth-order valence-corrected chi connectivity index (χ4v) is 2.80. The Bertz CT molecular complexity index is 496. The van der Waals surface area contributed by atoms with Crippen LogP contribution in [0.25, 0.3) is 0 Å². The van der Waals surface area contributed by atoms with Crippen LogP contribution in [-0.4, -0.2) is 23.1 Å². The monoisotopic (exact) mass is 321 g/mol. The Labute approximate surface area is 130 Å². The maximum absolute atomic E-state index is 12.0. The molecule has 1 aromatic rings. The van der Waals surface area contributed by atoms with Gasteiger partial charge in [0.25, 0.3) is 0 Å². The Morgan fingerprint density at radius 3 is 2.40 bits per heavy atom. The summed E-state index contributed by atoms with van der Waals surface area (Å²) in [6, 6.07) is -0.0248. The van der Waals surface area contributed by atoms with Crippen LogP contribution in [0.2, 0.25) is 0 Å². The molecule has 0 radical (unpaired) electrons. The predicted octanol–water partition coefficient (Wildman–Crippen LogP) is 1.44. The zero-order valence-electron chi connectivity index (χ0n) is 12.4. The molecule has 0 aromatic carbocycles. The zero-order valence-corrected chi connectivity index (χ0v) is 14.1. The fourth-order valence-electron chi connectivity index (χ4n) is 1.97. The molecule has 1 aromatic heterocycles. The smallest absolute Gasteiger partial charge is 0.308 e. The van der Waals surface area contributed by atoms with E-state index in [1.807, 2.05) is 13.8 Å². The molecule has 3 N–H and O–H groups in total. The molecule has 0 saturated heterocycles. The van der Waals surface area contributed by atoms with E-state index in [1.54, 1.807) is 0 Å². The summed E-state index contributed by atoms with van der Waals surface area (Å²) < 4.78 is 1.51. The van der Waals surface area contributed by atoms with Crippen molar-refractivity contribution in [2.24, 2.45) is 11.7 Å². The van der Waals surface area contributed by atoms with Gasteiger partial charge in [0.1, 0.15) is 6.54 Å². The van der Waals surface area contributed by atoms with Crippen LogP contribution in [0.15, 0.2) is 4.79 Å². The van der Waals surface area contributed by atoms with Crippen molar-refractivity contribution >= 4 is 29.7 Å². The van der Waals surface area contributed by atoms with Crippen molar-refractivity contribution in [1.82, 2.24) is 9.88 Å². The predicted molar refractivity (Wildman–Crippen MR) is 85.7 cm³/mol. The molecule has 20 heavy (non-hydrogen) atoms. The number of rotatable bonds is 6. The van der Waals surface area contributed by atoms with Crippen LogP contribution in [-0.2, 0) is 11.3 Å². The van der Waals surface area contributed by atoms with Gasteiger partial charge in [-0.2, -0.15) is 0 Å². The molecule has 1 heterocycles. The molecule has 1 atom stereocenters. The fraction of sp³-hybridized carbons (Fsp3) is 0.692. The summed E-state index contributed by atoms with van der Waals surface area (Å²) in [6.45, 7) is 8.41. The van der Waals surface area contributed by atoms with Gasteiger partial charge in [-0.15, -0.1) is 12.4 Å². The minimum atomic E-state index is -0.154. The highest BCUT2D eigenvalue weighted by atomic mass is 35.5. The first-order valence-electron chi connectivity index (χ1n) is 6.51. The third kappa shape index (κ3) is 5.26. The number of carbonyl (C=O) groups excluding carboxylic acids is 1. The van der Waals surface area contributed by atoms with Gasteiger partial charge >= 0.3 is 4.87 Å². The van der Waals surface area contributed by atoms with Crippen LogP contribution in [0.5, 0.6) is 0 Å². The van der Waals surface area contributed by atoms with Crippen LogP contribution < -0.4 is 15.9 Å². The number of aryl methyl sites for hydroxylation is 1. The Morgan fingerprint density at radius 1 is 1.40 bits per heavy atom. The van der Waals surface area contributed by atoms with E-state index >= 15 is 0 Å². The van der Waals surface area contributed by atoms with E-state index in [9.17, 15) is 9.59 Å². The molecule has 116 valence electrons. The summed E-state index contributed by atoms with van der Waals surface area (Å²) in [4.78, 5) is 24.5. The molecule has 0 aliphatic rings. The lowest BCUT2D eigenvalue weighted by Gasteiger charge is -2.19. The third-order valence-electron chi connectivity index (χ3n) is 3.08. The lowest BCUT2D eigenvalue weighted by atomic mass is 10.0. The average Bonchev–Trinajstić information content (AvgIpc) is 2.54. The first-order valence-corrected chi connectivity index (χ1v) is 7.33. The summed E-state index contributed by atoms with van der Waals surface area (Å²) in [5, 5.41) is 2.89. The highest BCUT2D eigenvalue weighted by molar-refractivity contribution is 7.09. The molecule has 1 amide bonds. The molecule has 0 aliphatic carbocycles. The molecule has 0 spiro atoms. The highest BCUT2D eigenvalue weighted by Crippen LogP contribution is 2.09. The third-order valence-corrected chi connectivity index (χ3v) is 4.08. The molecule has 7 heteroatoms. The normalized spacial score (nSPS) is 12.1. The van der Waals surface area contributed by atoms with Crippen molar-refractivity contribution in [3.8, 4) is 0 Å². The van der Waals surface area contributed by atoms with Crippen LogP contribution in [0.1, 0.15) is 30.8 Å². The van der Waals surface area contributed by atoms with E-state index in [4.69, 9.17) is 5.73 Å². The number of hydrogen-bond acceptors (Lipinski definition) is 4. The number of halogens is 1. The minimum Gasteiger partial charge on any atom is -0.351 e. The SMILES string of the molecule is Cc1sc(=O)n(CC(=O)NC(CN)CC(C)C)c1C.Cl. The summed E-state index contributed by atoms with van der Waals surface area (Å²) in [5.74, 6) is 0.320. The van der Waals surface area contributed by atoms with Crippen molar-refractivity contribution in [2.45, 2.75) is 46.7 Å². The second-order valence-corrected chi connectivity index (χ2v) is 6.39. The van der Waals surface area contributed by atoms with Crippen LogP contribution in [0.4, 0.5) is 0 Å². The number of carbonyl (C=O) groups is 1. The maximum Gasteiger partial charge on any atom is 0.308 e. The first kappa shape index (κ1) is 19.1.